The fourth-order valence-electron chi connectivity index (χ4n) is 1.68. The maximum absolute atomic E-state index is 12.0. The van der Waals surface area contributed by atoms with Crippen molar-refractivity contribution in [3.05, 3.63) is 36.5 Å². The molecule has 0 unspecified atom stereocenters. The van der Waals surface area contributed by atoms with Crippen LogP contribution < -0.4 is 5.32 Å². The monoisotopic (exact) mass is 298 g/mol. The Morgan fingerprint density at radius 3 is 2.81 bits per heavy atom. The van der Waals surface area contributed by atoms with Crippen LogP contribution in [0.4, 0.5) is 18.9 Å². The third kappa shape index (κ3) is 4.42. The number of nitrogens with one attached hydrogen (secondary N) is 1. The number of hydrogen-bond donors (Lipinski definition) is 1. The zero-order valence-electron chi connectivity index (χ0n) is 11.1. The summed E-state index contributed by atoms with van der Waals surface area (Å²) >= 11 is 0. The highest BCUT2D eigenvalue weighted by molar-refractivity contribution is 5.95. The maximum Gasteiger partial charge on any atom is 0.411 e. The fourth-order valence-corrected chi connectivity index (χ4v) is 1.68. The van der Waals surface area contributed by atoms with E-state index in [4.69, 9.17) is 0 Å². The minimum Gasteiger partial charge on any atom is -0.359 e. The highest BCUT2D eigenvalue weighted by Gasteiger charge is 2.29. The normalized spacial score (nSPS) is 13.1. The predicted octanol–water partition coefficient (Wildman–Crippen LogP) is 3.14. The van der Waals surface area contributed by atoms with Crippen LogP contribution in [-0.4, -0.2) is 29.8 Å². The number of rotatable bonds is 4. The van der Waals surface area contributed by atoms with Gasteiger partial charge in [0.2, 0.25) is 0 Å². The van der Waals surface area contributed by atoms with Crippen LogP contribution in [0.25, 0.3) is 10.9 Å². The molecule has 112 valence electrons. The van der Waals surface area contributed by atoms with Gasteiger partial charge in [0, 0.05) is 5.39 Å². The van der Waals surface area contributed by atoms with E-state index in [1.807, 2.05) is 24.3 Å². The molecule has 0 spiro atoms. The molecule has 7 heteroatoms. The fraction of sp³-hybridized carbons (Fsp3) is 0.286. The van der Waals surface area contributed by atoms with Gasteiger partial charge in [-0.25, -0.2) is 0 Å². The number of fused-ring (bicyclic) bond motifs is 1. The highest BCUT2D eigenvalue weighted by atomic mass is 19.4. The quantitative estimate of drug-likeness (QED) is 0.943. The lowest BCUT2D eigenvalue weighted by molar-refractivity contribution is -0.184. The second kappa shape index (κ2) is 6.09. The Bertz CT molecular complexity index is 643. The molecule has 4 nitrogen and oxygen atoms in total. The van der Waals surface area contributed by atoms with E-state index < -0.39 is 24.8 Å². The van der Waals surface area contributed by atoms with Gasteiger partial charge < -0.3 is 10.1 Å². The molecule has 0 bridgehead atoms. The predicted molar refractivity (Wildman–Crippen MR) is 71.8 cm³/mol. The summed E-state index contributed by atoms with van der Waals surface area (Å²) in [5.41, 5.74) is 1.16. The number of benzene rings is 1. The molecule has 1 amide bonds. The number of nitrogens with zero attached hydrogens (tertiary/aromatic N) is 1. The van der Waals surface area contributed by atoms with Crippen LogP contribution in [-0.2, 0) is 9.53 Å². The third-order valence-corrected chi connectivity index (χ3v) is 2.72. The molecule has 2 rings (SSSR count). The van der Waals surface area contributed by atoms with Gasteiger partial charge in [-0.2, -0.15) is 13.2 Å². The summed E-state index contributed by atoms with van der Waals surface area (Å²) in [6.45, 7) is -0.201. The van der Waals surface area contributed by atoms with Gasteiger partial charge in [0.1, 0.15) is 12.7 Å². The van der Waals surface area contributed by atoms with E-state index in [1.54, 1.807) is 6.07 Å². The topological polar surface area (TPSA) is 51.2 Å². The van der Waals surface area contributed by atoms with Crippen LogP contribution in [0.5, 0.6) is 0 Å². The lowest BCUT2D eigenvalue weighted by Gasteiger charge is -2.14. The second-order valence-corrected chi connectivity index (χ2v) is 4.47. The number of alkyl halides is 3. The number of ether oxygens (including phenoxy) is 1. The number of pyridine rings is 1. The number of amides is 1. The number of carbonyl (C=O) groups excluding carboxylic acids is 1. The van der Waals surface area contributed by atoms with E-state index in [0.717, 1.165) is 10.9 Å². The van der Waals surface area contributed by atoms with E-state index >= 15 is 0 Å². The van der Waals surface area contributed by atoms with Gasteiger partial charge in [-0.3, -0.25) is 9.78 Å². The zero-order valence-corrected chi connectivity index (χ0v) is 11.1. The maximum atomic E-state index is 12.0. The molecule has 1 aromatic heterocycles. The zero-order chi connectivity index (χ0) is 15.5. The second-order valence-electron chi connectivity index (χ2n) is 4.47. The average Bonchev–Trinajstić information content (AvgIpc) is 2.43. The van der Waals surface area contributed by atoms with Crippen LogP contribution >= 0.6 is 0 Å². The van der Waals surface area contributed by atoms with Gasteiger partial charge in [0.05, 0.1) is 17.4 Å². The molecule has 1 aromatic carbocycles. The summed E-state index contributed by atoms with van der Waals surface area (Å²) < 4.78 is 40.5. The summed E-state index contributed by atoms with van der Waals surface area (Å²) in [5.74, 6) is -0.656. The molecule has 0 fully saturated rings. The molecule has 0 aliphatic heterocycles. The molecule has 0 saturated heterocycles. The van der Waals surface area contributed by atoms with Crippen molar-refractivity contribution < 1.29 is 22.7 Å². The van der Waals surface area contributed by atoms with Gasteiger partial charge in [-0.05, 0) is 19.1 Å². The van der Waals surface area contributed by atoms with Gasteiger partial charge in [0.25, 0.3) is 5.91 Å². The first-order valence-corrected chi connectivity index (χ1v) is 6.19. The summed E-state index contributed by atoms with van der Waals surface area (Å²) in [6, 6.07) is 8.99. The number of para-hydroxylation sites is 1. The highest BCUT2D eigenvalue weighted by Crippen LogP contribution is 2.18. The van der Waals surface area contributed by atoms with Crippen molar-refractivity contribution in [2.24, 2.45) is 0 Å². The molecule has 0 saturated carbocycles. The number of aromatic nitrogens is 1. The first-order chi connectivity index (χ1) is 9.85. The first kappa shape index (κ1) is 15.2. The molecule has 1 N–H and O–H groups in total. The molecule has 2 aromatic rings. The van der Waals surface area contributed by atoms with Gasteiger partial charge in [-0.1, -0.05) is 18.2 Å². The minimum atomic E-state index is -4.46. The third-order valence-electron chi connectivity index (χ3n) is 2.72. The van der Waals surface area contributed by atoms with E-state index in [9.17, 15) is 18.0 Å². The Balaban J connectivity index is 2.00. The van der Waals surface area contributed by atoms with Gasteiger partial charge in [0.15, 0.2) is 0 Å². The molecule has 21 heavy (non-hydrogen) atoms. The van der Waals surface area contributed by atoms with E-state index in [2.05, 4.69) is 15.0 Å². The van der Waals surface area contributed by atoms with Crippen molar-refractivity contribution >= 4 is 22.5 Å². The number of hydrogen-bond acceptors (Lipinski definition) is 3. The number of halogens is 3. The Morgan fingerprint density at radius 1 is 1.38 bits per heavy atom. The molecular formula is C14H13F3N2O2. The Labute approximate surface area is 118 Å². The molecule has 0 radical (unpaired) electrons. The van der Waals surface area contributed by atoms with Crippen LogP contribution in [0.1, 0.15) is 6.92 Å². The molecular weight excluding hydrogens is 285 g/mol. The number of carbonyl (C=O) groups is 1. The summed E-state index contributed by atoms with van der Waals surface area (Å²) in [7, 11) is 0. The van der Waals surface area contributed by atoms with Crippen molar-refractivity contribution in [1.82, 2.24) is 4.98 Å². The van der Waals surface area contributed by atoms with Crippen molar-refractivity contribution in [2.45, 2.75) is 19.2 Å². The van der Waals surface area contributed by atoms with Crippen molar-refractivity contribution in [1.29, 1.82) is 0 Å². The molecule has 0 aliphatic rings. The van der Waals surface area contributed by atoms with E-state index in [-0.39, 0.29) is 0 Å². The molecule has 1 heterocycles. The summed E-state index contributed by atoms with van der Waals surface area (Å²) in [6.07, 6.45) is -4.23. The van der Waals surface area contributed by atoms with Gasteiger partial charge >= 0.3 is 6.18 Å². The lowest BCUT2D eigenvalue weighted by atomic mass is 10.2. The minimum absolute atomic E-state index is 0.404. The van der Waals surface area contributed by atoms with Crippen molar-refractivity contribution in [2.75, 3.05) is 11.9 Å². The van der Waals surface area contributed by atoms with Crippen LogP contribution in [0.3, 0.4) is 0 Å². The largest absolute Gasteiger partial charge is 0.411 e. The average molecular weight is 298 g/mol. The lowest BCUT2D eigenvalue weighted by Crippen LogP contribution is -2.31. The van der Waals surface area contributed by atoms with Gasteiger partial charge in [-0.15, -0.1) is 0 Å². The molecule has 1 atom stereocenters. The first-order valence-electron chi connectivity index (χ1n) is 6.19. The van der Waals surface area contributed by atoms with E-state index in [1.165, 1.54) is 13.1 Å². The summed E-state index contributed by atoms with van der Waals surface area (Å²) in [4.78, 5) is 15.9. The standard InChI is InChI=1S/C14H13F3N2O2/c1-9(21-8-14(15,16)17)13(20)19-11-6-10-4-2-3-5-12(10)18-7-11/h2-7,9H,8H2,1H3,(H,19,20)/t9-/m0/s1. The van der Waals surface area contributed by atoms with Crippen LogP contribution in [0.2, 0.25) is 0 Å². The summed E-state index contributed by atoms with van der Waals surface area (Å²) in [5, 5.41) is 3.29. The Morgan fingerprint density at radius 2 is 2.10 bits per heavy atom. The van der Waals surface area contributed by atoms with Crippen molar-refractivity contribution in [3.8, 4) is 0 Å². The Kier molecular flexibility index (Phi) is 4.42. The van der Waals surface area contributed by atoms with Crippen LogP contribution in [0, 0.1) is 0 Å². The van der Waals surface area contributed by atoms with E-state index in [0.29, 0.717) is 5.69 Å². The van der Waals surface area contributed by atoms with Crippen LogP contribution in [0.15, 0.2) is 36.5 Å². The smallest absolute Gasteiger partial charge is 0.359 e. The number of anilines is 1. The van der Waals surface area contributed by atoms with Crippen molar-refractivity contribution in [3.63, 3.8) is 0 Å². The Hall–Kier alpha value is -2.15. The SMILES string of the molecule is C[C@H](OCC(F)(F)F)C(=O)Nc1cnc2ccccc2c1. The molecule has 0 aliphatic carbocycles.